The zero-order valence-corrected chi connectivity index (χ0v) is 9.58. The van der Waals surface area contributed by atoms with Crippen molar-refractivity contribution in [3.8, 4) is 0 Å². The minimum absolute atomic E-state index is 0.0510. The van der Waals surface area contributed by atoms with Gasteiger partial charge in [-0.15, -0.1) is 0 Å². The molecular formula is C13H16N2O. The Labute approximate surface area is 94.3 Å². The Bertz CT molecular complexity index is 570. The normalized spacial score (nSPS) is 12.9. The summed E-state index contributed by atoms with van der Waals surface area (Å²) in [5.74, 6) is 0. The minimum atomic E-state index is -0.0510. The van der Waals surface area contributed by atoms with Crippen LogP contribution in [0.2, 0.25) is 0 Å². The van der Waals surface area contributed by atoms with Gasteiger partial charge in [-0.25, -0.2) is 0 Å². The molecule has 1 atom stereocenters. The first kappa shape index (κ1) is 10.9. The molecule has 0 aliphatic carbocycles. The second-order valence-corrected chi connectivity index (χ2v) is 4.38. The molecule has 0 radical (unpaired) electrons. The smallest absolute Gasteiger partial charge is 0.248 e. The number of nitrogens with two attached hydrogens (primary N) is 1. The predicted molar refractivity (Wildman–Crippen MR) is 66.7 cm³/mol. The predicted octanol–water partition coefficient (Wildman–Crippen LogP) is 1.73. The molecule has 3 N–H and O–H groups in total. The summed E-state index contributed by atoms with van der Waals surface area (Å²) in [7, 11) is 0. The van der Waals surface area contributed by atoms with Crippen LogP contribution < -0.4 is 11.3 Å². The maximum atomic E-state index is 11.3. The lowest BCUT2D eigenvalue weighted by Crippen LogP contribution is -2.17. The van der Waals surface area contributed by atoms with Crippen molar-refractivity contribution in [1.82, 2.24) is 4.98 Å². The molecule has 0 amide bonds. The molecule has 0 saturated heterocycles. The summed E-state index contributed by atoms with van der Waals surface area (Å²) < 4.78 is 0. The van der Waals surface area contributed by atoms with Crippen molar-refractivity contribution in [3.63, 3.8) is 0 Å². The number of nitrogens with one attached hydrogen (secondary N) is 1. The van der Waals surface area contributed by atoms with E-state index in [-0.39, 0.29) is 11.6 Å². The number of hydrogen-bond acceptors (Lipinski definition) is 2. The lowest BCUT2D eigenvalue weighted by Gasteiger charge is -2.07. The Morgan fingerprint density at radius 3 is 2.81 bits per heavy atom. The number of aromatic nitrogens is 1. The monoisotopic (exact) mass is 216 g/mol. The van der Waals surface area contributed by atoms with Crippen molar-refractivity contribution in [2.24, 2.45) is 5.73 Å². The molecule has 0 bridgehead atoms. The van der Waals surface area contributed by atoms with E-state index in [0.717, 1.165) is 22.9 Å². The molecule has 16 heavy (non-hydrogen) atoms. The topological polar surface area (TPSA) is 58.9 Å². The van der Waals surface area contributed by atoms with Gasteiger partial charge in [0.05, 0.1) is 0 Å². The quantitative estimate of drug-likeness (QED) is 0.803. The van der Waals surface area contributed by atoms with Crippen LogP contribution in [0.5, 0.6) is 0 Å². The molecule has 2 rings (SSSR count). The van der Waals surface area contributed by atoms with E-state index in [1.807, 2.05) is 26.0 Å². The highest BCUT2D eigenvalue weighted by molar-refractivity contribution is 5.82. The van der Waals surface area contributed by atoms with Gasteiger partial charge in [0.1, 0.15) is 0 Å². The van der Waals surface area contributed by atoms with E-state index >= 15 is 0 Å². The third-order valence-corrected chi connectivity index (χ3v) is 2.67. The lowest BCUT2D eigenvalue weighted by atomic mass is 10.0. The van der Waals surface area contributed by atoms with Gasteiger partial charge in [0.2, 0.25) is 5.56 Å². The van der Waals surface area contributed by atoms with E-state index in [4.69, 9.17) is 5.73 Å². The molecule has 0 fully saturated rings. The van der Waals surface area contributed by atoms with Crippen molar-refractivity contribution in [1.29, 1.82) is 0 Å². The third kappa shape index (κ3) is 2.14. The second-order valence-electron chi connectivity index (χ2n) is 4.38. The number of H-pyrrole nitrogens is 1. The number of aromatic amines is 1. The summed E-state index contributed by atoms with van der Waals surface area (Å²) in [6, 6.07) is 7.84. The molecule has 3 nitrogen and oxygen atoms in total. The summed E-state index contributed by atoms with van der Waals surface area (Å²) >= 11 is 0. The van der Waals surface area contributed by atoms with E-state index in [9.17, 15) is 4.79 Å². The van der Waals surface area contributed by atoms with Crippen molar-refractivity contribution < 1.29 is 0 Å². The van der Waals surface area contributed by atoms with Gasteiger partial charge in [-0.3, -0.25) is 4.79 Å². The molecule has 0 aliphatic heterocycles. The zero-order chi connectivity index (χ0) is 11.7. The minimum Gasteiger partial charge on any atom is -0.328 e. The summed E-state index contributed by atoms with van der Waals surface area (Å²) in [6.45, 7) is 3.94. The summed E-state index contributed by atoms with van der Waals surface area (Å²) in [4.78, 5) is 14.1. The van der Waals surface area contributed by atoms with Crippen LogP contribution in [0, 0.1) is 6.92 Å². The molecule has 84 valence electrons. The number of rotatable bonds is 2. The number of fused-ring (bicyclic) bond motifs is 1. The fourth-order valence-corrected chi connectivity index (χ4v) is 1.97. The van der Waals surface area contributed by atoms with E-state index in [0.29, 0.717) is 0 Å². The van der Waals surface area contributed by atoms with Crippen LogP contribution in [0.3, 0.4) is 0 Å². The van der Waals surface area contributed by atoms with Gasteiger partial charge in [0, 0.05) is 23.0 Å². The fourth-order valence-electron chi connectivity index (χ4n) is 1.97. The maximum absolute atomic E-state index is 11.3. The highest BCUT2D eigenvalue weighted by atomic mass is 16.1. The van der Waals surface area contributed by atoms with Crippen molar-refractivity contribution in [2.75, 3.05) is 0 Å². The van der Waals surface area contributed by atoms with Crippen LogP contribution in [0.4, 0.5) is 0 Å². The molecule has 0 saturated carbocycles. The van der Waals surface area contributed by atoms with Crippen molar-refractivity contribution in [3.05, 3.63) is 45.7 Å². The molecule has 0 aliphatic rings. The average molecular weight is 216 g/mol. The highest BCUT2D eigenvalue weighted by Crippen LogP contribution is 2.17. The number of hydrogen-bond donors (Lipinski definition) is 2. The van der Waals surface area contributed by atoms with Gasteiger partial charge in [-0.2, -0.15) is 0 Å². The number of pyridine rings is 1. The van der Waals surface area contributed by atoms with Crippen LogP contribution in [0.25, 0.3) is 10.9 Å². The fraction of sp³-hybridized carbons (Fsp3) is 0.308. The Morgan fingerprint density at radius 1 is 1.38 bits per heavy atom. The Kier molecular flexibility index (Phi) is 2.79. The van der Waals surface area contributed by atoms with Gasteiger partial charge in [-0.1, -0.05) is 6.07 Å². The Balaban J connectivity index is 2.57. The highest BCUT2D eigenvalue weighted by Gasteiger charge is 2.03. The van der Waals surface area contributed by atoms with E-state index in [1.165, 1.54) is 5.56 Å². The summed E-state index contributed by atoms with van der Waals surface area (Å²) in [5.41, 5.74) is 8.82. The number of benzene rings is 1. The van der Waals surface area contributed by atoms with Gasteiger partial charge in [0.15, 0.2) is 0 Å². The van der Waals surface area contributed by atoms with Gasteiger partial charge in [0.25, 0.3) is 0 Å². The molecule has 1 aromatic carbocycles. The average Bonchev–Trinajstić information content (AvgIpc) is 2.18. The second kappa shape index (κ2) is 4.10. The molecular weight excluding hydrogens is 200 g/mol. The Morgan fingerprint density at radius 2 is 2.12 bits per heavy atom. The standard InChI is InChI=1S/C13H16N2O/c1-8-5-13(16)15-12-4-3-10(6-9(2)14)7-11(8)12/h3-5,7,9H,6,14H2,1-2H3,(H,15,16). The van der Waals surface area contributed by atoms with Crippen molar-refractivity contribution >= 4 is 10.9 Å². The van der Waals surface area contributed by atoms with Gasteiger partial charge < -0.3 is 10.7 Å². The molecule has 2 aromatic rings. The summed E-state index contributed by atoms with van der Waals surface area (Å²) in [5, 5.41) is 1.10. The van der Waals surface area contributed by atoms with E-state index in [1.54, 1.807) is 6.07 Å². The third-order valence-electron chi connectivity index (χ3n) is 2.67. The van der Waals surface area contributed by atoms with Gasteiger partial charge >= 0.3 is 0 Å². The van der Waals surface area contributed by atoms with Crippen LogP contribution in [-0.2, 0) is 6.42 Å². The maximum Gasteiger partial charge on any atom is 0.248 e. The molecule has 1 unspecified atom stereocenters. The number of aryl methyl sites for hydroxylation is 1. The Hall–Kier alpha value is -1.61. The zero-order valence-electron chi connectivity index (χ0n) is 9.58. The van der Waals surface area contributed by atoms with Crippen LogP contribution in [0.15, 0.2) is 29.1 Å². The molecule has 1 heterocycles. The first-order chi connectivity index (χ1) is 7.56. The van der Waals surface area contributed by atoms with Crippen LogP contribution in [0.1, 0.15) is 18.1 Å². The first-order valence-corrected chi connectivity index (χ1v) is 5.44. The van der Waals surface area contributed by atoms with Crippen LogP contribution >= 0.6 is 0 Å². The molecule has 0 spiro atoms. The van der Waals surface area contributed by atoms with E-state index in [2.05, 4.69) is 11.1 Å². The largest absolute Gasteiger partial charge is 0.328 e. The van der Waals surface area contributed by atoms with Crippen LogP contribution in [-0.4, -0.2) is 11.0 Å². The van der Waals surface area contributed by atoms with Gasteiger partial charge in [-0.05, 0) is 43.5 Å². The summed E-state index contributed by atoms with van der Waals surface area (Å²) in [6.07, 6.45) is 0.856. The molecule has 1 aromatic heterocycles. The lowest BCUT2D eigenvalue weighted by molar-refractivity contribution is 0.739. The first-order valence-electron chi connectivity index (χ1n) is 5.44. The van der Waals surface area contributed by atoms with Crippen molar-refractivity contribution in [2.45, 2.75) is 26.3 Å². The molecule has 3 heteroatoms. The SMILES string of the molecule is Cc1cc(=O)[nH]c2ccc(CC(C)N)cc12. The van der Waals surface area contributed by atoms with E-state index < -0.39 is 0 Å².